The van der Waals surface area contributed by atoms with Crippen LogP contribution in [0.25, 0.3) is 0 Å². The summed E-state index contributed by atoms with van der Waals surface area (Å²) in [6, 6.07) is 10.9. The Bertz CT molecular complexity index is 696. The van der Waals surface area contributed by atoms with Crippen molar-refractivity contribution in [3.8, 4) is 6.07 Å². The highest BCUT2D eigenvalue weighted by molar-refractivity contribution is 5.51. The van der Waals surface area contributed by atoms with E-state index in [0.717, 1.165) is 38.0 Å². The minimum Gasteiger partial charge on any atom is -0.368 e. The van der Waals surface area contributed by atoms with Crippen LogP contribution in [0, 0.1) is 17.1 Å². The summed E-state index contributed by atoms with van der Waals surface area (Å²) >= 11 is 0. The molecule has 0 radical (unpaired) electrons. The molecule has 2 heterocycles. The lowest BCUT2D eigenvalue weighted by atomic mass is 10.0. The molecule has 1 saturated heterocycles. The fourth-order valence-corrected chi connectivity index (χ4v) is 2.96. The molecular formula is C18H19FN4. The van der Waals surface area contributed by atoms with Gasteiger partial charge >= 0.3 is 0 Å². The summed E-state index contributed by atoms with van der Waals surface area (Å²) in [4.78, 5) is 6.17. The first-order valence-electron chi connectivity index (χ1n) is 7.83. The van der Waals surface area contributed by atoms with Gasteiger partial charge in [-0.3, -0.25) is 4.98 Å². The Hall–Kier alpha value is -2.45. The van der Waals surface area contributed by atoms with E-state index in [9.17, 15) is 4.39 Å². The lowest BCUT2D eigenvalue weighted by Crippen LogP contribution is -2.45. The van der Waals surface area contributed by atoms with Crippen molar-refractivity contribution < 1.29 is 4.39 Å². The first kappa shape index (κ1) is 15.4. The molecule has 0 unspecified atom stereocenters. The maximum absolute atomic E-state index is 14.2. The van der Waals surface area contributed by atoms with Gasteiger partial charge in [0.2, 0.25) is 0 Å². The van der Waals surface area contributed by atoms with Gasteiger partial charge in [-0.2, -0.15) is 5.26 Å². The maximum Gasteiger partial charge on any atom is 0.147 e. The van der Waals surface area contributed by atoms with Crippen LogP contribution in [-0.2, 0) is 6.54 Å². The van der Waals surface area contributed by atoms with Crippen LogP contribution in [0.15, 0.2) is 42.7 Å². The quantitative estimate of drug-likeness (QED) is 0.943. The molecule has 0 amide bonds. The Kier molecular flexibility index (Phi) is 4.84. The van der Waals surface area contributed by atoms with Crippen molar-refractivity contribution in [2.45, 2.75) is 25.4 Å². The van der Waals surface area contributed by atoms with Gasteiger partial charge in [0.1, 0.15) is 5.82 Å². The molecule has 3 rings (SSSR count). The number of benzene rings is 1. The Morgan fingerprint density at radius 2 is 2.30 bits per heavy atom. The van der Waals surface area contributed by atoms with Gasteiger partial charge in [0.25, 0.3) is 0 Å². The van der Waals surface area contributed by atoms with E-state index in [2.05, 4.69) is 15.2 Å². The fraction of sp³-hybridized carbons (Fsp3) is 0.333. The average molecular weight is 310 g/mol. The standard InChI is InChI=1S/C18H19FN4/c19-17-9-14(10-20)5-6-18(17)23-8-2-4-16(13-23)22-12-15-3-1-7-21-11-15/h1,3,5-7,9,11,16,22H,2,4,8,12-13H2/t16-/m1/s1. The molecule has 0 bridgehead atoms. The molecule has 1 aliphatic heterocycles. The van der Waals surface area contributed by atoms with Crippen LogP contribution < -0.4 is 10.2 Å². The van der Waals surface area contributed by atoms with E-state index in [1.54, 1.807) is 18.3 Å². The molecule has 4 nitrogen and oxygen atoms in total. The van der Waals surface area contributed by atoms with Crippen LogP contribution in [0.2, 0.25) is 0 Å². The number of halogens is 1. The number of rotatable bonds is 4. The number of nitrogens with one attached hydrogen (secondary N) is 1. The summed E-state index contributed by atoms with van der Waals surface area (Å²) in [5.74, 6) is -0.322. The zero-order valence-electron chi connectivity index (χ0n) is 12.9. The molecule has 5 heteroatoms. The highest BCUT2D eigenvalue weighted by Gasteiger charge is 2.21. The van der Waals surface area contributed by atoms with E-state index >= 15 is 0 Å². The Morgan fingerprint density at radius 3 is 3.04 bits per heavy atom. The number of anilines is 1. The summed E-state index contributed by atoms with van der Waals surface area (Å²) in [6.07, 6.45) is 5.71. The third-order valence-corrected chi connectivity index (χ3v) is 4.16. The Labute approximate surface area is 135 Å². The number of hydrogen-bond donors (Lipinski definition) is 1. The SMILES string of the molecule is N#Cc1ccc(N2CCC[C@@H](NCc3cccnc3)C2)c(F)c1. The molecule has 118 valence electrons. The second-order valence-electron chi connectivity index (χ2n) is 5.81. The van der Waals surface area contributed by atoms with E-state index < -0.39 is 0 Å². The average Bonchev–Trinajstić information content (AvgIpc) is 2.61. The first-order chi connectivity index (χ1) is 11.3. The number of nitrogens with zero attached hydrogens (tertiary/aromatic N) is 3. The van der Waals surface area contributed by atoms with Crippen LogP contribution in [-0.4, -0.2) is 24.1 Å². The van der Waals surface area contributed by atoms with E-state index in [1.165, 1.54) is 6.07 Å². The fourth-order valence-electron chi connectivity index (χ4n) is 2.96. The third kappa shape index (κ3) is 3.85. The van der Waals surface area contributed by atoms with Crippen LogP contribution in [0.5, 0.6) is 0 Å². The van der Waals surface area contributed by atoms with Crippen LogP contribution in [0.1, 0.15) is 24.0 Å². The molecule has 1 aromatic carbocycles. The molecular weight excluding hydrogens is 291 g/mol. The summed E-state index contributed by atoms with van der Waals surface area (Å²) in [7, 11) is 0. The van der Waals surface area contributed by atoms with Crippen LogP contribution in [0.3, 0.4) is 0 Å². The molecule has 23 heavy (non-hydrogen) atoms. The Balaban J connectivity index is 1.63. The summed E-state index contributed by atoms with van der Waals surface area (Å²) in [5, 5.41) is 12.4. The van der Waals surface area contributed by atoms with Crippen molar-refractivity contribution in [2.75, 3.05) is 18.0 Å². The van der Waals surface area contributed by atoms with Crippen molar-refractivity contribution in [3.05, 3.63) is 59.7 Å². The van der Waals surface area contributed by atoms with Gasteiger partial charge in [-0.25, -0.2) is 4.39 Å². The molecule has 1 aliphatic rings. The third-order valence-electron chi connectivity index (χ3n) is 4.16. The van der Waals surface area contributed by atoms with Gasteiger partial charge in [-0.1, -0.05) is 6.07 Å². The number of aromatic nitrogens is 1. The van der Waals surface area contributed by atoms with Crippen molar-refractivity contribution in [1.29, 1.82) is 5.26 Å². The molecule has 0 spiro atoms. The number of nitriles is 1. The zero-order valence-corrected chi connectivity index (χ0v) is 12.9. The number of piperidine rings is 1. The van der Waals surface area contributed by atoms with Crippen molar-refractivity contribution in [1.82, 2.24) is 10.3 Å². The minimum absolute atomic E-state index is 0.319. The van der Waals surface area contributed by atoms with E-state index in [0.29, 0.717) is 17.3 Å². The normalized spacial score (nSPS) is 17.7. The van der Waals surface area contributed by atoms with Gasteiger partial charge in [-0.05, 0) is 42.7 Å². The number of hydrogen-bond acceptors (Lipinski definition) is 4. The summed E-state index contributed by atoms with van der Waals surface area (Å²) in [6.45, 7) is 2.37. The second-order valence-corrected chi connectivity index (χ2v) is 5.81. The number of pyridine rings is 1. The first-order valence-corrected chi connectivity index (χ1v) is 7.83. The van der Waals surface area contributed by atoms with Gasteiger partial charge in [0.05, 0.1) is 17.3 Å². The topological polar surface area (TPSA) is 52.0 Å². The monoisotopic (exact) mass is 310 g/mol. The van der Waals surface area contributed by atoms with Gasteiger partial charge in [0, 0.05) is 38.1 Å². The molecule has 2 aromatic rings. The molecule has 1 fully saturated rings. The van der Waals surface area contributed by atoms with Gasteiger partial charge in [0.15, 0.2) is 0 Å². The Morgan fingerprint density at radius 1 is 1.39 bits per heavy atom. The molecule has 1 N–H and O–H groups in total. The molecule has 0 aliphatic carbocycles. The van der Waals surface area contributed by atoms with Crippen molar-refractivity contribution in [3.63, 3.8) is 0 Å². The summed E-state index contributed by atoms with van der Waals surface area (Å²) < 4.78 is 14.2. The largest absolute Gasteiger partial charge is 0.368 e. The lowest BCUT2D eigenvalue weighted by molar-refractivity contribution is 0.418. The van der Waals surface area contributed by atoms with Crippen LogP contribution in [0.4, 0.5) is 10.1 Å². The minimum atomic E-state index is -0.322. The summed E-state index contributed by atoms with van der Waals surface area (Å²) in [5.41, 5.74) is 2.08. The maximum atomic E-state index is 14.2. The van der Waals surface area contributed by atoms with E-state index in [1.807, 2.05) is 24.4 Å². The van der Waals surface area contributed by atoms with E-state index in [4.69, 9.17) is 5.26 Å². The highest BCUT2D eigenvalue weighted by Crippen LogP contribution is 2.24. The van der Waals surface area contributed by atoms with E-state index in [-0.39, 0.29) is 5.82 Å². The highest BCUT2D eigenvalue weighted by atomic mass is 19.1. The van der Waals surface area contributed by atoms with Crippen molar-refractivity contribution in [2.24, 2.45) is 0 Å². The molecule has 1 atom stereocenters. The smallest absolute Gasteiger partial charge is 0.147 e. The molecule has 0 saturated carbocycles. The van der Waals surface area contributed by atoms with Gasteiger partial charge in [-0.15, -0.1) is 0 Å². The zero-order chi connectivity index (χ0) is 16.1. The second kappa shape index (κ2) is 7.21. The lowest BCUT2D eigenvalue weighted by Gasteiger charge is -2.35. The van der Waals surface area contributed by atoms with Crippen LogP contribution >= 0.6 is 0 Å². The van der Waals surface area contributed by atoms with Gasteiger partial charge < -0.3 is 10.2 Å². The predicted octanol–water partition coefficient (Wildman–Crippen LogP) is 2.85. The molecule has 1 aromatic heterocycles. The predicted molar refractivity (Wildman–Crippen MR) is 87.4 cm³/mol. The van der Waals surface area contributed by atoms with Crippen molar-refractivity contribution >= 4 is 5.69 Å².